The Labute approximate surface area is 181 Å². The number of benzene rings is 2. The highest BCUT2D eigenvalue weighted by molar-refractivity contribution is 8.27. The minimum atomic E-state index is -1.13. The highest BCUT2D eigenvalue weighted by atomic mass is 32.2. The van der Waals surface area contributed by atoms with Gasteiger partial charge in [0.15, 0.2) is 4.32 Å². The van der Waals surface area contributed by atoms with E-state index in [1.165, 1.54) is 16.7 Å². The van der Waals surface area contributed by atoms with E-state index >= 15 is 0 Å². The quantitative estimate of drug-likeness (QED) is 0.577. The van der Waals surface area contributed by atoms with Gasteiger partial charge in [0.25, 0.3) is 11.8 Å². The van der Waals surface area contributed by atoms with E-state index in [9.17, 15) is 19.5 Å². The summed E-state index contributed by atoms with van der Waals surface area (Å²) in [4.78, 5) is 40.8. The summed E-state index contributed by atoms with van der Waals surface area (Å²) in [7, 11) is 1.55. The number of para-hydroxylation sites is 1. The third-order valence-electron chi connectivity index (χ3n) is 4.94. The molecule has 0 saturated carbocycles. The molecule has 2 aromatic carbocycles. The SMILES string of the molecule is COc1ccc(N2C(=O)/C(=C3\C(=O)N(C(C)C(=O)O)c4ccccc43)SC2=S)cc1. The van der Waals surface area contributed by atoms with E-state index in [-0.39, 0.29) is 10.5 Å². The van der Waals surface area contributed by atoms with Crippen LogP contribution in [-0.2, 0) is 14.4 Å². The summed E-state index contributed by atoms with van der Waals surface area (Å²) in [6.07, 6.45) is 0. The third-order valence-corrected chi connectivity index (χ3v) is 6.31. The number of nitrogens with zero attached hydrogens (tertiary/aromatic N) is 2. The van der Waals surface area contributed by atoms with Gasteiger partial charge >= 0.3 is 5.97 Å². The molecule has 1 unspecified atom stereocenters. The highest BCUT2D eigenvalue weighted by Crippen LogP contribution is 2.46. The van der Waals surface area contributed by atoms with Crippen molar-refractivity contribution < 1.29 is 24.2 Å². The van der Waals surface area contributed by atoms with Gasteiger partial charge in [-0.1, -0.05) is 42.2 Å². The van der Waals surface area contributed by atoms with Crippen LogP contribution in [-0.4, -0.2) is 40.4 Å². The van der Waals surface area contributed by atoms with Crippen molar-refractivity contribution >= 4 is 63.0 Å². The Balaban J connectivity index is 1.81. The number of methoxy groups -OCH3 is 1. The highest BCUT2D eigenvalue weighted by Gasteiger charge is 2.44. The summed E-state index contributed by atoms with van der Waals surface area (Å²) in [5, 5.41) is 9.44. The van der Waals surface area contributed by atoms with Crippen molar-refractivity contribution in [1.82, 2.24) is 0 Å². The molecule has 152 valence electrons. The number of carbonyl (C=O) groups is 3. The first kappa shape index (κ1) is 20.1. The normalized spacial score (nSPS) is 19.3. The monoisotopic (exact) mass is 440 g/mol. The number of amides is 2. The molecule has 2 amide bonds. The number of aliphatic carboxylic acids is 1. The van der Waals surface area contributed by atoms with Crippen LogP contribution < -0.4 is 14.5 Å². The molecule has 30 heavy (non-hydrogen) atoms. The standard InChI is InChI=1S/C21H16N2O5S2/c1-11(20(26)27)22-15-6-4-3-5-14(15)16(18(22)24)17-19(25)23(21(29)30-17)12-7-9-13(28-2)10-8-12/h3-11H,1-2H3,(H,26,27)/b17-16+. The third kappa shape index (κ3) is 3.06. The minimum absolute atomic E-state index is 0.173. The fourth-order valence-electron chi connectivity index (χ4n) is 3.43. The molecular formula is C21H16N2O5S2. The maximum atomic E-state index is 13.3. The molecule has 2 aliphatic heterocycles. The predicted octanol–water partition coefficient (Wildman–Crippen LogP) is 3.29. The molecule has 0 radical (unpaired) electrons. The van der Waals surface area contributed by atoms with Crippen LogP contribution in [0.5, 0.6) is 5.75 Å². The maximum Gasteiger partial charge on any atom is 0.326 e. The molecule has 7 nitrogen and oxygen atoms in total. The summed E-state index contributed by atoms with van der Waals surface area (Å²) in [6.45, 7) is 1.43. The van der Waals surface area contributed by atoms with Crippen molar-refractivity contribution in [2.24, 2.45) is 0 Å². The first-order valence-electron chi connectivity index (χ1n) is 8.95. The lowest BCUT2D eigenvalue weighted by molar-refractivity contribution is -0.139. The summed E-state index contributed by atoms with van der Waals surface area (Å²) >= 11 is 6.45. The Morgan fingerprint density at radius 3 is 2.40 bits per heavy atom. The predicted molar refractivity (Wildman–Crippen MR) is 119 cm³/mol. The van der Waals surface area contributed by atoms with Gasteiger partial charge in [-0.3, -0.25) is 19.4 Å². The number of ether oxygens (including phenoxy) is 1. The first-order valence-corrected chi connectivity index (χ1v) is 10.2. The average molecular weight is 441 g/mol. The second kappa shape index (κ2) is 7.58. The molecule has 1 saturated heterocycles. The van der Waals surface area contributed by atoms with Crippen LogP contribution in [0, 0.1) is 0 Å². The van der Waals surface area contributed by atoms with E-state index in [2.05, 4.69) is 0 Å². The molecule has 0 aliphatic carbocycles. The number of hydrogen-bond donors (Lipinski definition) is 1. The molecule has 2 aromatic rings. The van der Waals surface area contributed by atoms with Gasteiger partial charge in [-0.25, -0.2) is 4.79 Å². The van der Waals surface area contributed by atoms with Crippen LogP contribution in [0.3, 0.4) is 0 Å². The lowest BCUT2D eigenvalue weighted by Crippen LogP contribution is -2.41. The van der Waals surface area contributed by atoms with E-state index in [1.54, 1.807) is 55.6 Å². The van der Waals surface area contributed by atoms with Crippen LogP contribution in [0.4, 0.5) is 11.4 Å². The second-order valence-electron chi connectivity index (χ2n) is 6.62. The van der Waals surface area contributed by atoms with Crippen LogP contribution in [0.1, 0.15) is 12.5 Å². The molecule has 2 aliphatic rings. The number of rotatable bonds is 4. The number of hydrogen-bond acceptors (Lipinski definition) is 6. The van der Waals surface area contributed by atoms with Crippen molar-refractivity contribution in [3.05, 3.63) is 59.0 Å². The van der Waals surface area contributed by atoms with Crippen molar-refractivity contribution in [3.63, 3.8) is 0 Å². The molecule has 1 N–H and O–H groups in total. The Bertz CT molecular complexity index is 1130. The fraction of sp³-hybridized carbons (Fsp3) is 0.143. The van der Waals surface area contributed by atoms with Crippen molar-refractivity contribution in [1.29, 1.82) is 0 Å². The summed E-state index contributed by atoms with van der Waals surface area (Å²) in [5.74, 6) is -1.44. The number of thiocarbonyl (C=S) groups is 1. The van der Waals surface area contributed by atoms with Gasteiger partial charge < -0.3 is 9.84 Å². The number of thioether (sulfide) groups is 1. The first-order chi connectivity index (χ1) is 14.3. The van der Waals surface area contributed by atoms with Crippen LogP contribution >= 0.6 is 24.0 Å². The molecule has 0 aromatic heterocycles. The Morgan fingerprint density at radius 2 is 1.77 bits per heavy atom. The number of fused-ring (bicyclic) bond motifs is 1. The van der Waals surface area contributed by atoms with Gasteiger partial charge in [0.1, 0.15) is 11.8 Å². The van der Waals surface area contributed by atoms with E-state index in [0.717, 1.165) is 11.8 Å². The van der Waals surface area contributed by atoms with Gasteiger partial charge in [-0.05, 0) is 37.3 Å². The number of carboxylic acids is 1. The molecule has 2 heterocycles. The lowest BCUT2D eigenvalue weighted by Gasteiger charge is -2.21. The molecule has 9 heteroatoms. The Morgan fingerprint density at radius 1 is 1.10 bits per heavy atom. The van der Waals surface area contributed by atoms with Crippen LogP contribution in [0.25, 0.3) is 5.57 Å². The molecule has 0 bridgehead atoms. The molecule has 1 atom stereocenters. The van der Waals surface area contributed by atoms with Gasteiger partial charge in [0.2, 0.25) is 0 Å². The summed E-state index contributed by atoms with van der Waals surface area (Å²) < 4.78 is 5.44. The zero-order chi connectivity index (χ0) is 21.6. The summed E-state index contributed by atoms with van der Waals surface area (Å²) in [6, 6.07) is 12.6. The Hall–Kier alpha value is -3.17. The number of anilines is 2. The van der Waals surface area contributed by atoms with Gasteiger partial charge in [0.05, 0.1) is 29.0 Å². The second-order valence-corrected chi connectivity index (χ2v) is 8.26. The van der Waals surface area contributed by atoms with Crippen LogP contribution in [0.15, 0.2) is 53.4 Å². The van der Waals surface area contributed by atoms with Gasteiger partial charge in [-0.15, -0.1) is 0 Å². The van der Waals surface area contributed by atoms with E-state index in [0.29, 0.717) is 27.0 Å². The summed E-state index contributed by atoms with van der Waals surface area (Å²) in [5.41, 5.74) is 1.71. The number of carbonyl (C=O) groups excluding carboxylic acids is 2. The van der Waals surface area contributed by atoms with Crippen molar-refractivity contribution in [2.75, 3.05) is 16.9 Å². The van der Waals surface area contributed by atoms with E-state index in [4.69, 9.17) is 17.0 Å². The van der Waals surface area contributed by atoms with Gasteiger partial charge in [-0.2, -0.15) is 0 Å². The maximum absolute atomic E-state index is 13.3. The topological polar surface area (TPSA) is 87.2 Å². The fourth-order valence-corrected chi connectivity index (χ4v) is 4.80. The van der Waals surface area contributed by atoms with Crippen molar-refractivity contribution in [2.45, 2.75) is 13.0 Å². The number of carboxylic acid groups (broad SMARTS) is 1. The van der Waals surface area contributed by atoms with E-state index in [1.807, 2.05) is 0 Å². The molecule has 1 fully saturated rings. The van der Waals surface area contributed by atoms with Crippen molar-refractivity contribution in [3.8, 4) is 5.75 Å². The largest absolute Gasteiger partial charge is 0.497 e. The molecule has 4 rings (SSSR count). The zero-order valence-electron chi connectivity index (χ0n) is 16.0. The molecular weight excluding hydrogens is 424 g/mol. The Kier molecular flexibility index (Phi) is 5.08. The zero-order valence-corrected chi connectivity index (χ0v) is 17.6. The minimum Gasteiger partial charge on any atom is -0.497 e. The van der Waals surface area contributed by atoms with Crippen LogP contribution in [0.2, 0.25) is 0 Å². The van der Waals surface area contributed by atoms with E-state index < -0.39 is 23.8 Å². The smallest absolute Gasteiger partial charge is 0.326 e. The molecule has 0 spiro atoms. The van der Waals surface area contributed by atoms with Gasteiger partial charge in [0, 0.05) is 5.56 Å². The average Bonchev–Trinajstić information content (AvgIpc) is 3.19. The lowest BCUT2D eigenvalue weighted by atomic mass is 10.1.